The fourth-order valence-corrected chi connectivity index (χ4v) is 6.45. The van der Waals surface area contributed by atoms with Crippen LogP contribution in [0.2, 0.25) is 23.2 Å². The zero-order valence-electron chi connectivity index (χ0n) is 24.1. The topological polar surface area (TPSA) is 111 Å². The number of nitrogens with two attached hydrogens (primary N) is 1. The van der Waals surface area contributed by atoms with Gasteiger partial charge in [-0.05, 0) is 53.9 Å². The first kappa shape index (κ1) is 29.0. The maximum atomic E-state index is 13.2. The highest BCUT2D eigenvalue weighted by atomic mass is 35.5. The van der Waals surface area contributed by atoms with Crippen molar-refractivity contribution < 1.29 is 18.8 Å². The third-order valence-corrected chi connectivity index (χ3v) is 13.0. The maximum absolute atomic E-state index is 13.2. The summed E-state index contributed by atoms with van der Waals surface area (Å²) in [6.07, 6.45) is 1.62. The first-order valence-corrected chi connectivity index (χ1v) is 17.0. The van der Waals surface area contributed by atoms with Crippen LogP contribution in [0, 0.1) is 0 Å². The number of hydrogen-bond acceptors (Lipinski definition) is 7. The average molecular weight is 594 g/mol. The lowest BCUT2D eigenvalue weighted by atomic mass is 10.0. The van der Waals surface area contributed by atoms with Gasteiger partial charge in [0.1, 0.15) is 30.4 Å². The normalized spacial score (nSPS) is 17.9. The number of benzene rings is 2. The van der Waals surface area contributed by atoms with Gasteiger partial charge in [0.2, 0.25) is 5.88 Å². The molecule has 2 aliphatic rings. The summed E-state index contributed by atoms with van der Waals surface area (Å²) in [5, 5.41) is 0.641. The molecule has 2 aromatic carbocycles. The van der Waals surface area contributed by atoms with E-state index in [9.17, 15) is 9.59 Å². The van der Waals surface area contributed by atoms with E-state index in [4.69, 9.17) is 26.5 Å². The Balaban J connectivity index is 1.27. The standard InChI is InChI=1S/C30H36ClN5O4Si/c1-30(2,3)41(4,5)40-24-12-13-35(28(24)37)17-19-6-11-22(23(31)16-19)20-7-9-21(10-8-20)36-14-15-39-27-25(29(36)38)26(32)33-18-34-27/h6-11,16,18,24H,12-15,17H2,1-5H3,(H2,32,33,34)/t24-/m0/s1. The summed E-state index contributed by atoms with van der Waals surface area (Å²) in [4.78, 5) is 37.8. The fourth-order valence-electron chi connectivity index (χ4n) is 4.85. The molecule has 0 saturated carbocycles. The molecule has 1 saturated heterocycles. The van der Waals surface area contributed by atoms with Gasteiger partial charge in [-0.2, -0.15) is 0 Å². The molecule has 1 fully saturated rings. The Hall–Kier alpha value is -3.47. The van der Waals surface area contributed by atoms with Gasteiger partial charge in [-0.15, -0.1) is 0 Å². The second kappa shape index (κ2) is 11.1. The number of fused-ring (bicyclic) bond motifs is 1. The van der Waals surface area contributed by atoms with Crippen molar-refractivity contribution in [3.05, 3.63) is 64.9 Å². The molecule has 5 rings (SSSR count). The summed E-state index contributed by atoms with van der Waals surface area (Å²) in [5.41, 5.74) is 9.56. The first-order valence-electron chi connectivity index (χ1n) is 13.8. The Morgan fingerprint density at radius 1 is 1.10 bits per heavy atom. The number of nitrogens with zero attached hydrogens (tertiary/aromatic N) is 4. The van der Waals surface area contributed by atoms with Gasteiger partial charge in [-0.25, -0.2) is 9.97 Å². The molecule has 1 atom stereocenters. The van der Waals surface area contributed by atoms with Gasteiger partial charge in [0.15, 0.2) is 8.32 Å². The van der Waals surface area contributed by atoms with Crippen molar-refractivity contribution in [3.8, 4) is 17.0 Å². The van der Waals surface area contributed by atoms with Gasteiger partial charge in [-0.3, -0.25) is 9.59 Å². The molecular weight excluding hydrogens is 558 g/mol. The molecule has 9 nitrogen and oxygen atoms in total. The van der Waals surface area contributed by atoms with Crippen LogP contribution in [0.25, 0.3) is 11.1 Å². The second-order valence-corrected chi connectivity index (χ2v) is 17.2. The van der Waals surface area contributed by atoms with E-state index in [0.29, 0.717) is 36.8 Å². The number of carbonyl (C=O) groups excluding carboxylic acids is 2. The maximum Gasteiger partial charge on any atom is 0.267 e. The van der Waals surface area contributed by atoms with Gasteiger partial charge in [0.05, 0.1) is 6.54 Å². The van der Waals surface area contributed by atoms with Crippen molar-refractivity contribution in [2.75, 3.05) is 30.3 Å². The molecule has 0 radical (unpaired) electrons. The van der Waals surface area contributed by atoms with E-state index >= 15 is 0 Å². The predicted molar refractivity (Wildman–Crippen MR) is 163 cm³/mol. The van der Waals surface area contributed by atoms with Gasteiger partial charge in [0.25, 0.3) is 11.8 Å². The minimum atomic E-state index is -2.03. The lowest BCUT2D eigenvalue weighted by molar-refractivity contribution is -0.134. The fraction of sp³-hybridized carbons (Fsp3) is 0.400. The third-order valence-electron chi connectivity index (χ3n) is 8.24. The van der Waals surface area contributed by atoms with Crippen molar-refractivity contribution >= 4 is 43.2 Å². The Kier molecular flexibility index (Phi) is 7.84. The Bertz CT molecular complexity index is 1470. The molecule has 3 aromatic rings. The molecule has 0 bridgehead atoms. The molecule has 0 aliphatic carbocycles. The molecule has 2 amide bonds. The predicted octanol–water partition coefficient (Wildman–Crippen LogP) is 5.54. The van der Waals surface area contributed by atoms with Crippen molar-refractivity contribution in [2.24, 2.45) is 0 Å². The number of hydrogen-bond donors (Lipinski definition) is 1. The number of carbonyl (C=O) groups is 2. The average Bonchev–Trinajstić information content (AvgIpc) is 3.13. The summed E-state index contributed by atoms with van der Waals surface area (Å²) in [6.45, 7) is 12.7. The van der Waals surface area contributed by atoms with E-state index in [2.05, 4.69) is 43.8 Å². The second-order valence-electron chi connectivity index (χ2n) is 12.0. The van der Waals surface area contributed by atoms with E-state index in [1.807, 2.05) is 47.4 Å². The molecule has 2 N–H and O–H groups in total. The van der Waals surface area contributed by atoms with Crippen LogP contribution in [-0.2, 0) is 15.8 Å². The molecule has 0 spiro atoms. The largest absolute Gasteiger partial charge is 0.475 e. The van der Waals surface area contributed by atoms with E-state index in [1.54, 1.807) is 4.90 Å². The summed E-state index contributed by atoms with van der Waals surface area (Å²) >= 11 is 6.73. The number of amides is 2. The van der Waals surface area contributed by atoms with Gasteiger partial charge >= 0.3 is 0 Å². The van der Waals surface area contributed by atoms with E-state index in [-0.39, 0.29) is 46.8 Å². The van der Waals surface area contributed by atoms with Crippen LogP contribution in [0.15, 0.2) is 48.8 Å². The van der Waals surface area contributed by atoms with Crippen LogP contribution in [0.5, 0.6) is 5.88 Å². The van der Waals surface area contributed by atoms with E-state index in [1.165, 1.54) is 6.33 Å². The van der Waals surface area contributed by atoms with Crippen LogP contribution < -0.4 is 15.4 Å². The molecule has 216 valence electrons. The molecule has 11 heteroatoms. The monoisotopic (exact) mass is 593 g/mol. The number of nitrogen functional groups attached to an aromatic ring is 1. The van der Waals surface area contributed by atoms with Crippen LogP contribution in [-0.4, -0.2) is 60.8 Å². The Morgan fingerprint density at radius 3 is 2.51 bits per heavy atom. The minimum Gasteiger partial charge on any atom is -0.475 e. The summed E-state index contributed by atoms with van der Waals surface area (Å²) in [6, 6.07) is 13.5. The SMILES string of the molecule is CC(C)(C)[Si](C)(C)O[C@H]1CCN(Cc2ccc(-c3ccc(N4CCOc5ncnc(N)c5C4=O)cc3)c(Cl)c2)C1=O. The number of likely N-dealkylation sites (tertiary alicyclic amines) is 1. The smallest absolute Gasteiger partial charge is 0.267 e. The first-order chi connectivity index (χ1) is 19.4. The van der Waals surface area contributed by atoms with Gasteiger partial charge < -0.3 is 24.7 Å². The quantitative estimate of drug-likeness (QED) is 0.373. The zero-order valence-corrected chi connectivity index (χ0v) is 25.9. The number of ether oxygens (including phenoxy) is 1. The van der Waals surface area contributed by atoms with Crippen LogP contribution in [0.3, 0.4) is 0 Å². The van der Waals surface area contributed by atoms with Crippen LogP contribution in [0.4, 0.5) is 11.5 Å². The minimum absolute atomic E-state index is 0.0493. The van der Waals surface area contributed by atoms with Crippen LogP contribution in [0.1, 0.15) is 43.1 Å². The molecule has 0 unspecified atom stereocenters. The lowest BCUT2D eigenvalue weighted by Gasteiger charge is -2.37. The number of rotatable bonds is 6. The summed E-state index contributed by atoms with van der Waals surface area (Å²) in [7, 11) is -2.03. The van der Waals surface area contributed by atoms with E-state index in [0.717, 1.165) is 16.7 Å². The van der Waals surface area contributed by atoms with Crippen molar-refractivity contribution in [2.45, 2.75) is 58.0 Å². The summed E-state index contributed by atoms with van der Waals surface area (Å²) < 4.78 is 12.0. The van der Waals surface area contributed by atoms with Crippen LogP contribution >= 0.6 is 11.6 Å². The molecule has 3 heterocycles. The molecular formula is C30H36ClN5O4Si. The Labute approximate surface area is 246 Å². The number of halogens is 1. The van der Waals surface area contributed by atoms with Crippen molar-refractivity contribution in [3.63, 3.8) is 0 Å². The zero-order chi connectivity index (χ0) is 29.5. The van der Waals surface area contributed by atoms with Gasteiger partial charge in [0, 0.05) is 29.4 Å². The van der Waals surface area contributed by atoms with Gasteiger partial charge in [-0.1, -0.05) is 56.6 Å². The van der Waals surface area contributed by atoms with Crippen molar-refractivity contribution in [1.82, 2.24) is 14.9 Å². The highest BCUT2D eigenvalue weighted by Gasteiger charge is 2.43. The van der Waals surface area contributed by atoms with E-state index < -0.39 is 8.32 Å². The number of aromatic nitrogens is 2. The molecule has 2 aliphatic heterocycles. The Morgan fingerprint density at radius 2 is 1.83 bits per heavy atom. The highest BCUT2D eigenvalue weighted by Crippen LogP contribution is 2.39. The van der Waals surface area contributed by atoms with Crippen molar-refractivity contribution in [1.29, 1.82) is 0 Å². The molecule has 1 aromatic heterocycles. The third kappa shape index (κ3) is 5.82. The number of anilines is 2. The highest BCUT2D eigenvalue weighted by molar-refractivity contribution is 6.74. The molecule has 41 heavy (non-hydrogen) atoms. The summed E-state index contributed by atoms with van der Waals surface area (Å²) in [5.74, 6) is 0.0293. The lowest BCUT2D eigenvalue weighted by Crippen LogP contribution is -2.46.